The van der Waals surface area contributed by atoms with E-state index in [1.165, 1.54) is 0 Å². The Balaban J connectivity index is 0.000000428. The number of esters is 3. The highest BCUT2D eigenvalue weighted by atomic mass is 16.6. The van der Waals surface area contributed by atoms with E-state index in [1.807, 2.05) is 81.4 Å². The molecule has 0 aliphatic heterocycles. The van der Waals surface area contributed by atoms with Crippen LogP contribution in [0.5, 0.6) is 0 Å². The third kappa shape index (κ3) is 22.1. The molecule has 2 aromatic rings. The average molecular weight is 585 g/mol. The predicted octanol–water partition coefficient (Wildman–Crippen LogP) is 7.57. The Bertz CT molecular complexity index is 1030. The Morgan fingerprint density at radius 2 is 0.905 bits per heavy atom. The number of carboxylic acid groups (broad SMARTS) is 1. The third-order valence-corrected chi connectivity index (χ3v) is 5.94. The van der Waals surface area contributed by atoms with E-state index in [4.69, 9.17) is 19.3 Å². The fourth-order valence-electron chi connectivity index (χ4n) is 3.80. The number of aliphatic carboxylic acids is 1. The standard InChI is InChI=1S/C19H28O4.C15H20O4/c1-19(2,3)23-18(21)14-10-5-4-9-13-17(20)22-15-16-11-7-6-8-12-16;16-14(17)10-6-1-2-7-11-15(18)19-12-13-8-4-3-5-9-13/h6-8,11-12H,4-5,9-10,13-15H2,1-3H3;3-5,8-9H,1-2,6-7,10-12H2,(H,16,17). The first-order valence-electron chi connectivity index (χ1n) is 14.9. The second kappa shape index (κ2) is 22.0. The van der Waals surface area contributed by atoms with E-state index in [-0.39, 0.29) is 24.3 Å². The molecule has 42 heavy (non-hydrogen) atoms. The van der Waals surface area contributed by atoms with Crippen LogP contribution in [-0.4, -0.2) is 34.6 Å². The van der Waals surface area contributed by atoms with Gasteiger partial charge in [-0.2, -0.15) is 0 Å². The van der Waals surface area contributed by atoms with E-state index < -0.39 is 11.6 Å². The molecule has 0 aliphatic rings. The zero-order valence-electron chi connectivity index (χ0n) is 25.5. The molecule has 1 N–H and O–H groups in total. The van der Waals surface area contributed by atoms with Crippen molar-refractivity contribution in [3.63, 3.8) is 0 Å². The van der Waals surface area contributed by atoms with Crippen molar-refractivity contribution in [2.45, 2.75) is 117 Å². The fourth-order valence-corrected chi connectivity index (χ4v) is 3.80. The van der Waals surface area contributed by atoms with Gasteiger partial charge in [0.1, 0.15) is 18.8 Å². The van der Waals surface area contributed by atoms with Gasteiger partial charge in [0.15, 0.2) is 0 Å². The number of carboxylic acids is 1. The van der Waals surface area contributed by atoms with Crippen LogP contribution in [0, 0.1) is 0 Å². The van der Waals surface area contributed by atoms with E-state index in [0.717, 1.165) is 56.1 Å². The molecular formula is C34H48O8. The molecule has 0 saturated heterocycles. The minimum atomic E-state index is -0.762. The van der Waals surface area contributed by atoms with Gasteiger partial charge >= 0.3 is 23.9 Å². The molecule has 0 heterocycles. The molecule has 0 atom stereocenters. The Kier molecular flexibility index (Phi) is 19.0. The molecule has 8 nitrogen and oxygen atoms in total. The second-order valence-corrected chi connectivity index (χ2v) is 11.1. The van der Waals surface area contributed by atoms with Crippen LogP contribution in [0.1, 0.15) is 109 Å². The van der Waals surface area contributed by atoms with Gasteiger partial charge < -0.3 is 19.3 Å². The van der Waals surface area contributed by atoms with E-state index in [1.54, 1.807) is 0 Å². The zero-order chi connectivity index (χ0) is 31.1. The lowest BCUT2D eigenvalue weighted by Crippen LogP contribution is -2.23. The van der Waals surface area contributed by atoms with Crippen LogP contribution in [0.25, 0.3) is 0 Å². The van der Waals surface area contributed by atoms with Gasteiger partial charge in [-0.05, 0) is 57.6 Å². The molecule has 232 valence electrons. The van der Waals surface area contributed by atoms with Crippen LogP contribution in [0.15, 0.2) is 60.7 Å². The number of carbonyl (C=O) groups excluding carboxylic acids is 3. The van der Waals surface area contributed by atoms with Crippen molar-refractivity contribution in [1.82, 2.24) is 0 Å². The van der Waals surface area contributed by atoms with Crippen molar-refractivity contribution in [3.05, 3.63) is 71.8 Å². The maximum atomic E-state index is 11.6. The minimum Gasteiger partial charge on any atom is -0.481 e. The van der Waals surface area contributed by atoms with E-state index in [0.29, 0.717) is 38.9 Å². The van der Waals surface area contributed by atoms with Gasteiger partial charge in [0, 0.05) is 25.7 Å². The number of benzene rings is 2. The molecule has 0 spiro atoms. The lowest BCUT2D eigenvalue weighted by Gasteiger charge is -2.19. The summed E-state index contributed by atoms with van der Waals surface area (Å²) in [6, 6.07) is 19.2. The number of hydrogen-bond acceptors (Lipinski definition) is 7. The van der Waals surface area contributed by atoms with Crippen molar-refractivity contribution in [2.75, 3.05) is 0 Å². The summed E-state index contributed by atoms with van der Waals surface area (Å²) < 4.78 is 15.6. The Labute approximate surface area is 250 Å². The number of unbranched alkanes of at least 4 members (excludes halogenated alkanes) is 6. The lowest BCUT2D eigenvalue weighted by atomic mass is 10.1. The lowest BCUT2D eigenvalue weighted by molar-refractivity contribution is -0.155. The highest BCUT2D eigenvalue weighted by Gasteiger charge is 2.15. The summed E-state index contributed by atoms with van der Waals surface area (Å²) in [5, 5.41) is 8.46. The maximum Gasteiger partial charge on any atom is 0.306 e. The number of ether oxygens (including phenoxy) is 3. The highest BCUT2D eigenvalue weighted by Crippen LogP contribution is 2.12. The Morgan fingerprint density at radius 3 is 1.26 bits per heavy atom. The topological polar surface area (TPSA) is 116 Å². The van der Waals surface area contributed by atoms with Crippen LogP contribution < -0.4 is 0 Å². The number of rotatable bonds is 18. The summed E-state index contributed by atoms with van der Waals surface area (Å²) in [5.41, 5.74) is 1.56. The zero-order valence-corrected chi connectivity index (χ0v) is 25.5. The van der Waals surface area contributed by atoms with Gasteiger partial charge in [-0.25, -0.2) is 0 Å². The Morgan fingerprint density at radius 1 is 0.548 bits per heavy atom. The summed E-state index contributed by atoms with van der Waals surface area (Å²) >= 11 is 0. The van der Waals surface area contributed by atoms with Crippen molar-refractivity contribution in [1.29, 1.82) is 0 Å². The summed E-state index contributed by atoms with van der Waals surface area (Å²) in [7, 11) is 0. The third-order valence-electron chi connectivity index (χ3n) is 5.94. The van der Waals surface area contributed by atoms with Gasteiger partial charge in [0.2, 0.25) is 0 Å². The molecule has 2 rings (SSSR count). The normalized spacial score (nSPS) is 10.6. The first-order chi connectivity index (χ1) is 20.0. The summed E-state index contributed by atoms with van der Waals surface area (Å²) in [6.07, 6.45) is 8.06. The number of carbonyl (C=O) groups is 4. The van der Waals surface area contributed by atoms with Crippen LogP contribution in [0.2, 0.25) is 0 Å². The van der Waals surface area contributed by atoms with Crippen molar-refractivity contribution in [2.24, 2.45) is 0 Å². The van der Waals surface area contributed by atoms with Gasteiger partial charge in [0.05, 0.1) is 0 Å². The summed E-state index contributed by atoms with van der Waals surface area (Å²) in [6.45, 7) is 6.25. The van der Waals surface area contributed by atoms with Gasteiger partial charge in [-0.15, -0.1) is 0 Å². The molecule has 8 heteroatoms. The van der Waals surface area contributed by atoms with Gasteiger partial charge in [0.25, 0.3) is 0 Å². The first kappa shape index (κ1) is 36.3. The second-order valence-electron chi connectivity index (χ2n) is 11.1. The first-order valence-corrected chi connectivity index (χ1v) is 14.9. The Hall–Kier alpha value is -3.68. The molecule has 0 bridgehead atoms. The van der Waals surface area contributed by atoms with Crippen molar-refractivity contribution in [3.8, 4) is 0 Å². The van der Waals surface area contributed by atoms with E-state index in [2.05, 4.69) is 0 Å². The van der Waals surface area contributed by atoms with E-state index >= 15 is 0 Å². The van der Waals surface area contributed by atoms with Crippen LogP contribution in [-0.2, 0) is 46.6 Å². The maximum absolute atomic E-state index is 11.6. The predicted molar refractivity (Wildman–Crippen MR) is 161 cm³/mol. The molecule has 0 unspecified atom stereocenters. The quantitative estimate of drug-likeness (QED) is 0.108. The summed E-state index contributed by atoms with van der Waals surface area (Å²) in [5.74, 6) is -1.27. The monoisotopic (exact) mass is 584 g/mol. The summed E-state index contributed by atoms with van der Waals surface area (Å²) in [4.78, 5) is 44.9. The minimum absolute atomic E-state index is 0.153. The molecule has 2 aromatic carbocycles. The van der Waals surface area contributed by atoms with Crippen molar-refractivity contribution >= 4 is 23.9 Å². The van der Waals surface area contributed by atoms with Crippen LogP contribution in [0.3, 0.4) is 0 Å². The molecule has 0 aromatic heterocycles. The number of hydrogen-bond donors (Lipinski definition) is 1. The van der Waals surface area contributed by atoms with Crippen molar-refractivity contribution < 1.29 is 38.5 Å². The van der Waals surface area contributed by atoms with E-state index in [9.17, 15) is 19.2 Å². The average Bonchev–Trinajstić information content (AvgIpc) is 2.95. The fraction of sp³-hybridized carbons (Fsp3) is 0.529. The molecule has 0 aliphatic carbocycles. The molecule has 0 fully saturated rings. The largest absolute Gasteiger partial charge is 0.481 e. The SMILES string of the molecule is CC(C)(C)OC(=O)CCCCCCC(=O)OCc1ccccc1.O=C(O)CCCCCCC(=O)OCc1ccccc1. The smallest absolute Gasteiger partial charge is 0.306 e. The molecule has 0 amide bonds. The molecular weight excluding hydrogens is 536 g/mol. The van der Waals surface area contributed by atoms with Crippen LogP contribution in [0.4, 0.5) is 0 Å². The molecule has 0 radical (unpaired) electrons. The highest BCUT2D eigenvalue weighted by molar-refractivity contribution is 5.70. The van der Waals surface area contributed by atoms with Gasteiger partial charge in [-0.3, -0.25) is 19.2 Å². The molecule has 0 saturated carbocycles. The van der Waals surface area contributed by atoms with Gasteiger partial charge in [-0.1, -0.05) is 86.3 Å². The van der Waals surface area contributed by atoms with Crippen LogP contribution >= 0.6 is 0 Å².